The second-order valence-electron chi connectivity index (χ2n) is 5.00. The maximum absolute atomic E-state index is 5.67. The number of anilines is 1. The molecule has 0 radical (unpaired) electrons. The van der Waals surface area contributed by atoms with E-state index in [4.69, 9.17) is 15.2 Å². The minimum atomic E-state index is 0.608. The summed E-state index contributed by atoms with van der Waals surface area (Å²) >= 11 is 0. The van der Waals surface area contributed by atoms with Gasteiger partial charge >= 0.3 is 0 Å². The van der Waals surface area contributed by atoms with Crippen LogP contribution in [0.25, 0.3) is 0 Å². The van der Waals surface area contributed by atoms with Crippen LogP contribution in [0.3, 0.4) is 0 Å². The molecule has 0 atom stereocenters. The standard InChI is InChI=1S/C15H23NO2/c16-14-6-8-15(9-7-14)18-11-10-17-12-13-4-2-1-3-5-13/h6-9,13H,1-5,10-12,16H2. The molecule has 0 bridgehead atoms. The highest BCUT2D eigenvalue weighted by Crippen LogP contribution is 2.23. The van der Waals surface area contributed by atoms with Gasteiger partial charge in [-0.15, -0.1) is 0 Å². The van der Waals surface area contributed by atoms with Crippen LogP contribution in [0.2, 0.25) is 0 Å². The lowest BCUT2D eigenvalue weighted by Gasteiger charge is -2.21. The number of hydrogen-bond donors (Lipinski definition) is 1. The first-order chi connectivity index (χ1) is 8.84. The third kappa shape index (κ3) is 4.57. The zero-order valence-corrected chi connectivity index (χ0v) is 10.9. The second kappa shape index (κ2) is 7.27. The van der Waals surface area contributed by atoms with E-state index in [1.807, 2.05) is 24.3 Å². The van der Waals surface area contributed by atoms with Crippen LogP contribution in [0.4, 0.5) is 5.69 Å². The van der Waals surface area contributed by atoms with E-state index in [1.165, 1.54) is 32.1 Å². The van der Waals surface area contributed by atoms with Crippen LogP contribution in [0.15, 0.2) is 24.3 Å². The highest BCUT2D eigenvalue weighted by atomic mass is 16.5. The van der Waals surface area contributed by atoms with Gasteiger partial charge in [0.25, 0.3) is 0 Å². The smallest absolute Gasteiger partial charge is 0.119 e. The van der Waals surface area contributed by atoms with E-state index < -0.39 is 0 Å². The molecule has 0 spiro atoms. The molecule has 1 aliphatic rings. The van der Waals surface area contributed by atoms with Crippen molar-refractivity contribution in [2.75, 3.05) is 25.6 Å². The molecule has 0 amide bonds. The molecule has 0 saturated heterocycles. The molecular formula is C15H23NO2. The zero-order chi connectivity index (χ0) is 12.6. The molecule has 1 aromatic carbocycles. The van der Waals surface area contributed by atoms with Gasteiger partial charge in [0.15, 0.2) is 0 Å². The van der Waals surface area contributed by atoms with E-state index in [0.717, 1.165) is 24.0 Å². The molecule has 2 N–H and O–H groups in total. The Balaban J connectivity index is 1.54. The predicted octanol–water partition coefficient (Wildman–Crippen LogP) is 3.24. The van der Waals surface area contributed by atoms with E-state index in [1.54, 1.807) is 0 Å². The fourth-order valence-corrected chi connectivity index (χ4v) is 2.39. The minimum absolute atomic E-state index is 0.608. The van der Waals surface area contributed by atoms with Gasteiger partial charge in [0, 0.05) is 12.3 Å². The fourth-order valence-electron chi connectivity index (χ4n) is 2.39. The van der Waals surface area contributed by atoms with E-state index in [0.29, 0.717) is 13.2 Å². The quantitative estimate of drug-likeness (QED) is 0.621. The van der Waals surface area contributed by atoms with Crippen LogP contribution in [-0.2, 0) is 4.74 Å². The van der Waals surface area contributed by atoms with E-state index >= 15 is 0 Å². The van der Waals surface area contributed by atoms with Gasteiger partial charge in [0.05, 0.1) is 6.61 Å². The number of ether oxygens (including phenoxy) is 2. The van der Waals surface area contributed by atoms with Gasteiger partial charge in [-0.1, -0.05) is 19.3 Å². The first kappa shape index (κ1) is 13.2. The first-order valence-corrected chi connectivity index (χ1v) is 6.90. The number of hydrogen-bond acceptors (Lipinski definition) is 3. The summed E-state index contributed by atoms with van der Waals surface area (Å²) < 4.78 is 11.2. The van der Waals surface area contributed by atoms with E-state index in [2.05, 4.69) is 0 Å². The maximum atomic E-state index is 5.67. The molecule has 3 heteroatoms. The van der Waals surface area contributed by atoms with Gasteiger partial charge in [0.1, 0.15) is 12.4 Å². The van der Waals surface area contributed by atoms with Crippen molar-refractivity contribution >= 4 is 5.69 Å². The Kier molecular flexibility index (Phi) is 5.34. The molecule has 1 aliphatic carbocycles. The maximum Gasteiger partial charge on any atom is 0.119 e. The molecule has 0 heterocycles. The molecule has 100 valence electrons. The molecular weight excluding hydrogens is 226 g/mol. The van der Waals surface area contributed by atoms with Gasteiger partial charge < -0.3 is 15.2 Å². The Morgan fingerprint density at radius 3 is 2.44 bits per heavy atom. The normalized spacial score (nSPS) is 16.7. The Labute approximate surface area is 109 Å². The monoisotopic (exact) mass is 249 g/mol. The number of rotatable bonds is 6. The highest BCUT2D eigenvalue weighted by molar-refractivity contribution is 5.41. The second-order valence-corrected chi connectivity index (χ2v) is 5.00. The summed E-state index contributed by atoms with van der Waals surface area (Å²) in [6, 6.07) is 7.46. The molecule has 3 nitrogen and oxygen atoms in total. The number of benzene rings is 1. The Morgan fingerprint density at radius 2 is 1.72 bits per heavy atom. The van der Waals surface area contributed by atoms with Crippen molar-refractivity contribution in [2.24, 2.45) is 5.92 Å². The van der Waals surface area contributed by atoms with Crippen molar-refractivity contribution in [3.05, 3.63) is 24.3 Å². The summed E-state index contributed by atoms with van der Waals surface area (Å²) in [5.74, 6) is 1.63. The van der Waals surface area contributed by atoms with Gasteiger partial charge in [-0.25, -0.2) is 0 Å². The summed E-state index contributed by atoms with van der Waals surface area (Å²) in [5.41, 5.74) is 6.37. The van der Waals surface area contributed by atoms with E-state index in [9.17, 15) is 0 Å². The van der Waals surface area contributed by atoms with Gasteiger partial charge in [-0.3, -0.25) is 0 Å². The molecule has 2 rings (SSSR count). The molecule has 0 aliphatic heterocycles. The van der Waals surface area contributed by atoms with Gasteiger partial charge in [-0.2, -0.15) is 0 Å². The average molecular weight is 249 g/mol. The predicted molar refractivity (Wildman–Crippen MR) is 73.7 cm³/mol. The van der Waals surface area contributed by atoms with Crippen LogP contribution in [0, 0.1) is 5.92 Å². The largest absolute Gasteiger partial charge is 0.491 e. The molecule has 1 fully saturated rings. The van der Waals surface area contributed by atoms with Crippen molar-refractivity contribution in [3.8, 4) is 5.75 Å². The summed E-state index contributed by atoms with van der Waals surface area (Å²) in [6.07, 6.45) is 6.81. The van der Waals surface area contributed by atoms with Crippen molar-refractivity contribution < 1.29 is 9.47 Å². The van der Waals surface area contributed by atoms with Gasteiger partial charge in [-0.05, 0) is 43.0 Å². The lowest BCUT2D eigenvalue weighted by atomic mass is 9.90. The lowest BCUT2D eigenvalue weighted by Crippen LogP contribution is -2.16. The summed E-state index contributed by atoms with van der Waals surface area (Å²) in [4.78, 5) is 0. The number of nitrogen functional groups attached to an aromatic ring is 1. The minimum Gasteiger partial charge on any atom is -0.491 e. The lowest BCUT2D eigenvalue weighted by molar-refractivity contribution is 0.0635. The third-order valence-electron chi connectivity index (χ3n) is 3.45. The fraction of sp³-hybridized carbons (Fsp3) is 0.600. The highest BCUT2D eigenvalue weighted by Gasteiger charge is 2.12. The summed E-state index contributed by atoms with van der Waals surface area (Å²) in [6.45, 7) is 2.17. The van der Waals surface area contributed by atoms with Crippen molar-refractivity contribution in [2.45, 2.75) is 32.1 Å². The average Bonchev–Trinajstić information content (AvgIpc) is 2.42. The molecule has 18 heavy (non-hydrogen) atoms. The molecule has 0 unspecified atom stereocenters. The van der Waals surface area contributed by atoms with Crippen LogP contribution in [-0.4, -0.2) is 19.8 Å². The number of nitrogens with two attached hydrogens (primary N) is 1. The summed E-state index contributed by atoms with van der Waals surface area (Å²) in [7, 11) is 0. The van der Waals surface area contributed by atoms with Crippen LogP contribution < -0.4 is 10.5 Å². The van der Waals surface area contributed by atoms with Crippen molar-refractivity contribution in [3.63, 3.8) is 0 Å². The van der Waals surface area contributed by atoms with Crippen LogP contribution >= 0.6 is 0 Å². The first-order valence-electron chi connectivity index (χ1n) is 6.90. The Hall–Kier alpha value is -1.22. The van der Waals surface area contributed by atoms with Crippen molar-refractivity contribution in [1.82, 2.24) is 0 Å². The summed E-state index contributed by atoms with van der Waals surface area (Å²) in [5, 5.41) is 0. The van der Waals surface area contributed by atoms with Crippen LogP contribution in [0.1, 0.15) is 32.1 Å². The topological polar surface area (TPSA) is 44.5 Å². The van der Waals surface area contributed by atoms with Crippen LogP contribution in [0.5, 0.6) is 5.75 Å². The van der Waals surface area contributed by atoms with E-state index in [-0.39, 0.29) is 0 Å². The molecule has 0 aromatic heterocycles. The Bertz CT molecular complexity index is 331. The zero-order valence-electron chi connectivity index (χ0n) is 10.9. The SMILES string of the molecule is Nc1ccc(OCCOCC2CCCCC2)cc1. The molecule has 1 aromatic rings. The molecule has 1 saturated carbocycles. The third-order valence-corrected chi connectivity index (χ3v) is 3.45. The van der Waals surface area contributed by atoms with Gasteiger partial charge in [0.2, 0.25) is 0 Å². The Morgan fingerprint density at radius 1 is 1.00 bits per heavy atom. The van der Waals surface area contributed by atoms with Crippen molar-refractivity contribution in [1.29, 1.82) is 0 Å².